The van der Waals surface area contributed by atoms with Gasteiger partial charge >= 0.3 is 0 Å². The number of hydrogen-bond acceptors (Lipinski definition) is 2. The van der Waals surface area contributed by atoms with Crippen LogP contribution < -0.4 is 0 Å². The lowest BCUT2D eigenvalue weighted by Gasteiger charge is -2.34. The van der Waals surface area contributed by atoms with Gasteiger partial charge in [-0.3, -0.25) is 0 Å². The van der Waals surface area contributed by atoms with Gasteiger partial charge in [-0.05, 0) is 56.6 Å². The number of benzene rings is 4. The van der Waals surface area contributed by atoms with Crippen LogP contribution in [0, 0.1) is 0 Å². The summed E-state index contributed by atoms with van der Waals surface area (Å²) in [6, 6.07) is 37.5. The highest BCUT2D eigenvalue weighted by Crippen LogP contribution is 2.52. The number of pyridine rings is 1. The zero-order valence-electron chi connectivity index (χ0n) is 21.8. The third-order valence-corrected chi connectivity index (χ3v) is 9.51. The first-order chi connectivity index (χ1) is 19.1. The van der Waals surface area contributed by atoms with Crippen molar-refractivity contribution in [2.24, 2.45) is 0 Å². The minimum absolute atomic E-state index is 0.122. The zero-order chi connectivity index (χ0) is 26.1. The van der Waals surface area contributed by atoms with Gasteiger partial charge in [0.05, 0.1) is 5.69 Å². The number of aromatic nitrogens is 2. The first-order valence-corrected chi connectivity index (χ1v) is 14.2. The van der Waals surface area contributed by atoms with Crippen molar-refractivity contribution in [1.82, 2.24) is 9.55 Å². The second-order valence-corrected chi connectivity index (χ2v) is 11.9. The maximum atomic E-state index is 4.77. The highest BCUT2D eigenvalue weighted by atomic mass is 32.2. The first-order valence-electron chi connectivity index (χ1n) is 13.4. The van der Waals surface area contributed by atoms with E-state index in [1.54, 1.807) is 11.8 Å². The molecule has 0 unspecified atom stereocenters. The molecule has 0 spiro atoms. The molecule has 0 radical (unpaired) electrons. The van der Waals surface area contributed by atoms with Crippen LogP contribution in [0.15, 0.2) is 132 Å². The molecule has 2 aromatic heterocycles. The fourth-order valence-electron chi connectivity index (χ4n) is 6.40. The van der Waals surface area contributed by atoms with Crippen LogP contribution in [0.2, 0.25) is 0 Å². The summed E-state index contributed by atoms with van der Waals surface area (Å²) in [5.41, 5.74) is 13.8. The maximum Gasteiger partial charge on any atom is 0.105 e. The Balaban J connectivity index is 1.41. The van der Waals surface area contributed by atoms with E-state index in [-0.39, 0.29) is 5.41 Å². The molecule has 1 aliphatic heterocycles. The molecule has 8 rings (SSSR count). The molecule has 1 aliphatic carbocycles. The SMILES string of the molecule is CC1(C)c2cccnc2Sc2c(-n3cc4c(c3)-c3ccccc3-c3ccccc3-c3ccccc3-4)cccc21. The van der Waals surface area contributed by atoms with Gasteiger partial charge in [0.25, 0.3) is 0 Å². The van der Waals surface area contributed by atoms with E-state index in [9.17, 15) is 0 Å². The van der Waals surface area contributed by atoms with Gasteiger partial charge in [0, 0.05) is 40.0 Å². The minimum Gasteiger partial charge on any atom is -0.321 e. The highest BCUT2D eigenvalue weighted by Gasteiger charge is 2.35. The summed E-state index contributed by atoms with van der Waals surface area (Å²) in [5.74, 6) is 0. The van der Waals surface area contributed by atoms with Crippen molar-refractivity contribution in [3.63, 3.8) is 0 Å². The first kappa shape index (κ1) is 22.6. The Morgan fingerprint density at radius 2 is 1.03 bits per heavy atom. The van der Waals surface area contributed by atoms with Gasteiger partial charge in [0.15, 0.2) is 0 Å². The Morgan fingerprint density at radius 3 is 1.56 bits per heavy atom. The van der Waals surface area contributed by atoms with Gasteiger partial charge in [-0.25, -0.2) is 4.98 Å². The molecule has 2 aliphatic rings. The van der Waals surface area contributed by atoms with Gasteiger partial charge in [0.2, 0.25) is 0 Å². The molecule has 0 fully saturated rings. The molecule has 0 saturated carbocycles. The predicted octanol–water partition coefficient (Wildman–Crippen LogP) is 9.64. The standard InChI is InChI=1S/C36H26N2S/c1-36(2)31-17-9-19-33(34(31)39-35-32(36)18-10-20-37-35)38-21-29-27-15-7-5-13-25(27)23-11-3-4-12-24(23)26-14-6-8-16-28(26)30(29)22-38/h3-22H,1-2H3. The van der Waals surface area contributed by atoms with Gasteiger partial charge in [-0.15, -0.1) is 0 Å². The monoisotopic (exact) mass is 518 g/mol. The van der Waals surface area contributed by atoms with Crippen molar-refractivity contribution in [2.45, 2.75) is 29.2 Å². The average Bonchev–Trinajstić information content (AvgIpc) is 3.41. The summed E-state index contributed by atoms with van der Waals surface area (Å²) in [7, 11) is 0. The molecule has 39 heavy (non-hydrogen) atoms. The lowest BCUT2D eigenvalue weighted by atomic mass is 9.78. The average molecular weight is 519 g/mol. The van der Waals surface area contributed by atoms with Gasteiger partial charge in [-0.2, -0.15) is 0 Å². The Labute approximate surface area is 233 Å². The third-order valence-electron chi connectivity index (χ3n) is 8.36. The number of fused-ring (bicyclic) bond motifs is 10. The van der Waals surface area contributed by atoms with Crippen LogP contribution >= 0.6 is 11.8 Å². The fraction of sp³-hybridized carbons (Fsp3) is 0.0833. The van der Waals surface area contributed by atoms with Crippen LogP contribution in [0.4, 0.5) is 0 Å². The Bertz CT molecular complexity index is 1840. The molecule has 186 valence electrons. The molecule has 3 heteroatoms. The fourth-order valence-corrected chi connectivity index (χ4v) is 7.85. The summed E-state index contributed by atoms with van der Waals surface area (Å²) in [6.45, 7) is 4.63. The van der Waals surface area contributed by atoms with E-state index in [0.717, 1.165) is 5.03 Å². The molecule has 0 saturated heterocycles. The lowest BCUT2D eigenvalue weighted by molar-refractivity contribution is 0.597. The topological polar surface area (TPSA) is 17.8 Å². The van der Waals surface area contributed by atoms with Gasteiger partial charge in [-0.1, -0.05) is 117 Å². The summed E-state index contributed by atoms with van der Waals surface area (Å²) >= 11 is 1.79. The van der Waals surface area contributed by atoms with Crippen molar-refractivity contribution in [3.8, 4) is 50.2 Å². The van der Waals surface area contributed by atoms with E-state index >= 15 is 0 Å². The molecule has 6 aromatic rings. The van der Waals surface area contributed by atoms with Gasteiger partial charge < -0.3 is 4.57 Å². The molecular weight excluding hydrogens is 492 g/mol. The maximum absolute atomic E-state index is 4.77. The highest BCUT2D eigenvalue weighted by molar-refractivity contribution is 7.99. The largest absolute Gasteiger partial charge is 0.321 e. The zero-order valence-corrected chi connectivity index (χ0v) is 22.7. The molecule has 0 bridgehead atoms. The predicted molar refractivity (Wildman–Crippen MR) is 162 cm³/mol. The van der Waals surface area contributed by atoms with Crippen LogP contribution in [0.5, 0.6) is 0 Å². The normalized spacial score (nSPS) is 14.0. The van der Waals surface area contributed by atoms with Crippen molar-refractivity contribution < 1.29 is 0 Å². The minimum atomic E-state index is -0.122. The quantitative estimate of drug-likeness (QED) is 0.215. The van der Waals surface area contributed by atoms with Crippen molar-refractivity contribution in [2.75, 3.05) is 0 Å². The molecule has 0 atom stereocenters. The number of nitrogens with zero attached hydrogens (tertiary/aromatic N) is 2. The molecule has 3 heterocycles. The van der Waals surface area contributed by atoms with Crippen molar-refractivity contribution in [1.29, 1.82) is 0 Å². The number of rotatable bonds is 1. The van der Waals surface area contributed by atoms with E-state index in [4.69, 9.17) is 4.98 Å². The van der Waals surface area contributed by atoms with E-state index in [1.807, 2.05) is 6.20 Å². The van der Waals surface area contributed by atoms with E-state index in [0.29, 0.717) is 0 Å². The Kier molecular flexibility index (Phi) is 4.83. The van der Waals surface area contributed by atoms with Crippen molar-refractivity contribution in [3.05, 3.63) is 133 Å². The smallest absolute Gasteiger partial charge is 0.105 e. The van der Waals surface area contributed by atoms with E-state index < -0.39 is 0 Å². The van der Waals surface area contributed by atoms with Crippen LogP contribution in [0.3, 0.4) is 0 Å². The van der Waals surface area contributed by atoms with E-state index in [1.165, 1.54) is 66.2 Å². The summed E-state index contributed by atoms with van der Waals surface area (Å²) in [4.78, 5) is 6.05. The summed E-state index contributed by atoms with van der Waals surface area (Å²) < 4.78 is 2.34. The van der Waals surface area contributed by atoms with Crippen LogP contribution in [-0.4, -0.2) is 9.55 Å². The van der Waals surface area contributed by atoms with Crippen LogP contribution in [0.25, 0.3) is 50.2 Å². The molecule has 4 aromatic carbocycles. The molecule has 0 amide bonds. The van der Waals surface area contributed by atoms with Crippen LogP contribution in [0.1, 0.15) is 25.0 Å². The van der Waals surface area contributed by atoms with Gasteiger partial charge in [0.1, 0.15) is 5.03 Å². The van der Waals surface area contributed by atoms with E-state index in [2.05, 4.69) is 134 Å². The lowest BCUT2D eigenvalue weighted by Crippen LogP contribution is -2.24. The molecule has 2 nitrogen and oxygen atoms in total. The Morgan fingerprint density at radius 1 is 0.538 bits per heavy atom. The second-order valence-electron chi connectivity index (χ2n) is 10.9. The van der Waals surface area contributed by atoms with Crippen LogP contribution in [-0.2, 0) is 5.41 Å². The molecule has 0 N–H and O–H groups in total. The second kappa shape index (κ2) is 8.33. The number of hydrogen-bond donors (Lipinski definition) is 0. The van der Waals surface area contributed by atoms with Crippen molar-refractivity contribution >= 4 is 11.8 Å². The Hall–Kier alpha value is -4.34. The third kappa shape index (κ3) is 3.26. The molecular formula is C36H26N2S. The summed E-state index contributed by atoms with van der Waals surface area (Å²) in [5, 5.41) is 1.10. The summed E-state index contributed by atoms with van der Waals surface area (Å²) in [6.07, 6.45) is 6.56.